The number of carbonyl (C=O) groups excluding carboxylic acids is 1. The van der Waals surface area contributed by atoms with Gasteiger partial charge in [-0.05, 0) is 7.05 Å². The summed E-state index contributed by atoms with van der Waals surface area (Å²) < 4.78 is 5.13. The maximum atomic E-state index is 11.4. The number of carboxylic acid groups (broad SMARTS) is 1. The van der Waals surface area contributed by atoms with Crippen LogP contribution >= 0.6 is 0 Å². The standard InChI is InChI=1S/C8H14N2O4/c1-10-2-3-14-5-6(10)8(13)9-4-7(11)12/h6H,2-5H2,1H3,(H,9,13)(H,11,12). The zero-order valence-electron chi connectivity index (χ0n) is 8.02. The van der Waals surface area contributed by atoms with E-state index in [0.717, 1.165) is 0 Å². The fourth-order valence-corrected chi connectivity index (χ4v) is 1.24. The highest BCUT2D eigenvalue weighted by Gasteiger charge is 2.26. The zero-order chi connectivity index (χ0) is 10.6. The number of morpholine rings is 1. The summed E-state index contributed by atoms with van der Waals surface area (Å²) in [6, 6.07) is -0.372. The molecule has 1 aliphatic heterocycles. The van der Waals surface area contributed by atoms with Crippen molar-refractivity contribution >= 4 is 11.9 Å². The number of nitrogens with zero attached hydrogens (tertiary/aromatic N) is 1. The number of rotatable bonds is 3. The number of nitrogens with one attached hydrogen (secondary N) is 1. The highest BCUT2D eigenvalue weighted by Crippen LogP contribution is 2.03. The molecule has 1 heterocycles. The normalized spacial score (nSPS) is 23.1. The molecule has 6 heteroatoms. The predicted octanol–water partition coefficient (Wildman–Crippen LogP) is -1.48. The van der Waals surface area contributed by atoms with E-state index < -0.39 is 5.97 Å². The van der Waals surface area contributed by atoms with E-state index in [1.54, 1.807) is 0 Å². The molecule has 0 aromatic rings. The third-order valence-electron chi connectivity index (χ3n) is 2.11. The molecule has 0 aromatic heterocycles. The van der Waals surface area contributed by atoms with Crippen LogP contribution in [0.25, 0.3) is 0 Å². The molecule has 1 atom stereocenters. The molecule has 1 saturated heterocycles. The summed E-state index contributed by atoms with van der Waals surface area (Å²) in [5.74, 6) is -1.34. The fourth-order valence-electron chi connectivity index (χ4n) is 1.24. The number of amides is 1. The molecule has 1 unspecified atom stereocenters. The van der Waals surface area contributed by atoms with Crippen molar-refractivity contribution in [1.29, 1.82) is 0 Å². The fraction of sp³-hybridized carbons (Fsp3) is 0.750. The Hall–Kier alpha value is -1.14. The van der Waals surface area contributed by atoms with Gasteiger partial charge in [0.05, 0.1) is 13.2 Å². The first kappa shape index (κ1) is 10.9. The van der Waals surface area contributed by atoms with Crippen LogP contribution in [0.1, 0.15) is 0 Å². The minimum absolute atomic E-state index is 0.297. The van der Waals surface area contributed by atoms with Crippen molar-refractivity contribution < 1.29 is 19.4 Å². The van der Waals surface area contributed by atoms with E-state index in [-0.39, 0.29) is 18.5 Å². The summed E-state index contributed by atoms with van der Waals surface area (Å²) in [5.41, 5.74) is 0. The average Bonchev–Trinajstić information content (AvgIpc) is 2.15. The number of carbonyl (C=O) groups is 2. The Morgan fingerprint density at radius 1 is 1.64 bits per heavy atom. The summed E-state index contributed by atoms with van der Waals surface area (Å²) in [4.78, 5) is 23.5. The summed E-state index contributed by atoms with van der Waals surface area (Å²) in [6.45, 7) is 1.27. The monoisotopic (exact) mass is 202 g/mol. The lowest BCUT2D eigenvalue weighted by Crippen LogP contribution is -2.52. The number of carboxylic acids is 1. The Balaban J connectivity index is 2.38. The summed E-state index contributed by atoms with van der Waals surface area (Å²) in [7, 11) is 1.81. The molecule has 1 rings (SSSR count). The quantitative estimate of drug-likeness (QED) is 0.583. The Kier molecular flexibility index (Phi) is 3.84. The van der Waals surface area contributed by atoms with Gasteiger partial charge < -0.3 is 15.2 Å². The Morgan fingerprint density at radius 3 is 2.93 bits per heavy atom. The van der Waals surface area contributed by atoms with Crippen LogP contribution in [0, 0.1) is 0 Å². The molecule has 1 fully saturated rings. The van der Waals surface area contributed by atoms with Crippen molar-refractivity contribution in [3.8, 4) is 0 Å². The largest absolute Gasteiger partial charge is 0.480 e. The molecular weight excluding hydrogens is 188 g/mol. The molecule has 0 aliphatic carbocycles. The molecule has 0 aromatic carbocycles. The number of hydrogen-bond acceptors (Lipinski definition) is 4. The molecule has 0 saturated carbocycles. The van der Waals surface area contributed by atoms with Gasteiger partial charge in [0, 0.05) is 6.54 Å². The van der Waals surface area contributed by atoms with E-state index in [9.17, 15) is 9.59 Å². The molecule has 80 valence electrons. The van der Waals surface area contributed by atoms with E-state index in [1.165, 1.54) is 0 Å². The second kappa shape index (κ2) is 4.92. The number of hydrogen-bond donors (Lipinski definition) is 2. The number of likely N-dealkylation sites (N-methyl/N-ethyl adjacent to an activating group) is 1. The third kappa shape index (κ3) is 2.97. The van der Waals surface area contributed by atoms with E-state index in [0.29, 0.717) is 19.8 Å². The Morgan fingerprint density at radius 2 is 2.36 bits per heavy atom. The van der Waals surface area contributed by atoms with Crippen LogP contribution in [0.4, 0.5) is 0 Å². The van der Waals surface area contributed by atoms with Crippen LogP contribution in [0.15, 0.2) is 0 Å². The van der Waals surface area contributed by atoms with Gasteiger partial charge in [0.1, 0.15) is 12.6 Å². The number of ether oxygens (including phenoxy) is 1. The second-order valence-corrected chi connectivity index (χ2v) is 3.18. The van der Waals surface area contributed by atoms with Crippen LogP contribution < -0.4 is 5.32 Å². The van der Waals surface area contributed by atoms with Crippen LogP contribution in [-0.4, -0.2) is 61.3 Å². The summed E-state index contributed by atoms with van der Waals surface area (Å²) >= 11 is 0. The van der Waals surface area contributed by atoms with Gasteiger partial charge in [0.2, 0.25) is 5.91 Å². The first-order chi connectivity index (χ1) is 6.61. The topological polar surface area (TPSA) is 78.9 Å². The molecular formula is C8H14N2O4. The molecule has 0 radical (unpaired) electrons. The average molecular weight is 202 g/mol. The van der Waals surface area contributed by atoms with Gasteiger partial charge >= 0.3 is 5.97 Å². The number of aliphatic carboxylic acids is 1. The van der Waals surface area contributed by atoms with Crippen LogP contribution in [0.2, 0.25) is 0 Å². The lowest BCUT2D eigenvalue weighted by atomic mass is 10.2. The van der Waals surface area contributed by atoms with Crippen LogP contribution in [0.3, 0.4) is 0 Å². The zero-order valence-corrected chi connectivity index (χ0v) is 8.02. The predicted molar refractivity (Wildman–Crippen MR) is 47.9 cm³/mol. The highest BCUT2D eigenvalue weighted by molar-refractivity contribution is 5.85. The molecule has 6 nitrogen and oxygen atoms in total. The van der Waals surface area contributed by atoms with E-state index in [4.69, 9.17) is 9.84 Å². The van der Waals surface area contributed by atoms with E-state index >= 15 is 0 Å². The van der Waals surface area contributed by atoms with Crippen molar-refractivity contribution in [3.63, 3.8) is 0 Å². The van der Waals surface area contributed by atoms with E-state index in [2.05, 4.69) is 5.32 Å². The van der Waals surface area contributed by atoms with Gasteiger partial charge in [0.15, 0.2) is 0 Å². The van der Waals surface area contributed by atoms with Crippen molar-refractivity contribution in [2.75, 3.05) is 33.4 Å². The molecule has 2 N–H and O–H groups in total. The molecule has 0 bridgehead atoms. The van der Waals surface area contributed by atoms with Gasteiger partial charge in [-0.25, -0.2) is 0 Å². The highest BCUT2D eigenvalue weighted by atomic mass is 16.5. The van der Waals surface area contributed by atoms with Crippen molar-refractivity contribution in [3.05, 3.63) is 0 Å². The van der Waals surface area contributed by atoms with Gasteiger partial charge in [-0.2, -0.15) is 0 Å². The SMILES string of the molecule is CN1CCOCC1C(=O)NCC(=O)O. The molecule has 14 heavy (non-hydrogen) atoms. The Labute approximate surface area is 81.8 Å². The van der Waals surface area contributed by atoms with Gasteiger partial charge in [0.25, 0.3) is 0 Å². The van der Waals surface area contributed by atoms with Gasteiger partial charge in [-0.15, -0.1) is 0 Å². The minimum Gasteiger partial charge on any atom is -0.480 e. The van der Waals surface area contributed by atoms with Crippen LogP contribution in [0.5, 0.6) is 0 Å². The second-order valence-electron chi connectivity index (χ2n) is 3.18. The third-order valence-corrected chi connectivity index (χ3v) is 2.11. The Bertz CT molecular complexity index is 231. The van der Waals surface area contributed by atoms with Gasteiger partial charge in [-0.3, -0.25) is 14.5 Å². The van der Waals surface area contributed by atoms with E-state index in [1.807, 2.05) is 11.9 Å². The molecule has 1 aliphatic rings. The lowest BCUT2D eigenvalue weighted by Gasteiger charge is -2.30. The minimum atomic E-state index is -1.04. The van der Waals surface area contributed by atoms with Crippen molar-refractivity contribution in [2.24, 2.45) is 0 Å². The molecule has 0 spiro atoms. The van der Waals surface area contributed by atoms with Crippen LogP contribution in [-0.2, 0) is 14.3 Å². The lowest BCUT2D eigenvalue weighted by molar-refractivity contribution is -0.140. The van der Waals surface area contributed by atoms with Gasteiger partial charge in [-0.1, -0.05) is 0 Å². The van der Waals surface area contributed by atoms with Crippen molar-refractivity contribution in [1.82, 2.24) is 10.2 Å². The first-order valence-electron chi connectivity index (χ1n) is 4.38. The summed E-state index contributed by atoms with van der Waals surface area (Å²) in [5, 5.41) is 10.7. The summed E-state index contributed by atoms with van der Waals surface area (Å²) in [6.07, 6.45) is 0. The first-order valence-corrected chi connectivity index (χ1v) is 4.38. The molecule has 1 amide bonds. The maximum absolute atomic E-state index is 11.4. The van der Waals surface area contributed by atoms with Crippen molar-refractivity contribution in [2.45, 2.75) is 6.04 Å². The smallest absolute Gasteiger partial charge is 0.322 e. The maximum Gasteiger partial charge on any atom is 0.322 e.